The number of morpholine rings is 1. The molecule has 0 aromatic carbocycles. The Balaban J connectivity index is 1.84. The second-order valence-corrected chi connectivity index (χ2v) is 6.57. The quantitative estimate of drug-likeness (QED) is 0.943. The summed E-state index contributed by atoms with van der Waals surface area (Å²) in [5, 5.41) is 8.53. The summed E-state index contributed by atoms with van der Waals surface area (Å²) >= 11 is 1.77. The molecular weight excluding hydrogens is 272 g/mol. The standard InChI is InChI=1S/C14H20N4OS/c1-9-14(10(2)17-16-9)13-8-19-5-4-18(13)7-12-6-15-11(3)20-12/h6,13H,4-5,7-8H2,1-3H3,(H,16,17)/t13-/m0/s1. The molecule has 3 rings (SSSR count). The zero-order valence-corrected chi connectivity index (χ0v) is 13.0. The molecule has 1 fully saturated rings. The minimum absolute atomic E-state index is 0.282. The van der Waals surface area contributed by atoms with Gasteiger partial charge >= 0.3 is 0 Å². The van der Waals surface area contributed by atoms with Crippen molar-refractivity contribution >= 4 is 11.3 Å². The molecule has 1 N–H and O–H groups in total. The molecule has 108 valence electrons. The molecule has 0 bridgehead atoms. The summed E-state index contributed by atoms with van der Waals surface area (Å²) in [5.74, 6) is 0. The molecule has 3 heterocycles. The van der Waals surface area contributed by atoms with Gasteiger partial charge in [-0.1, -0.05) is 0 Å². The molecule has 1 aliphatic heterocycles. The second-order valence-electron chi connectivity index (χ2n) is 5.25. The van der Waals surface area contributed by atoms with Crippen molar-refractivity contribution in [1.29, 1.82) is 0 Å². The predicted octanol–water partition coefficient (Wildman–Crippen LogP) is 2.36. The van der Waals surface area contributed by atoms with Crippen LogP contribution in [0.4, 0.5) is 0 Å². The van der Waals surface area contributed by atoms with Crippen LogP contribution in [-0.4, -0.2) is 39.8 Å². The largest absolute Gasteiger partial charge is 0.378 e. The van der Waals surface area contributed by atoms with Crippen LogP contribution >= 0.6 is 11.3 Å². The number of aryl methyl sites for hydroxylation is 3. The fourth-order valence-electron chi connectivity index (χ4n) is 2.82. The van der Waals surface area contributed by atoms with Gasteiger partial charge in [0.1, 0.15) is 0 Å². The second kappa shape index (κ2) is 5.63. The van der Waals surface area contributed by atoms with E-state index in [4.69, 9.17) is 4.74 Å². The fraction of sp³-hybridized carbons (Fsp3) is 0.571. The summed E-state index contributed by atoms with van der Waals surface area (Å²) in [6.07, 6.45) is 1.99. The first kappa shape index (κ1) is 13.7. The van der Waals surface area contributed by atoms with Crippen molar-refractivity contribution in [2.75, 3.05) is 19.8 Å². The van der Waals surface area contributed by atoms with Gasteiger partial charge in [0.2, 0.25) is 0 Å². The molecule has 0 aliphatic carbocycles. The fourth-order valence-corrected chi connectivity index (χ4v) is 3.64. The lowest BCUT2D eigenvalue weighted by Gasteiger charge is -2.35. The number of hydrogen-bond donors (Lipinski definition) is 1. The molecule has 2 aromatic heterocycles. The van der Waals surface area contributed by atoms with Gasteiger partial charge < -0.3 is 4.74 Å². The lowest BCUT2D eigenvalue weighted by molar-refractivity contribution is -0.0127. The maximum Gasteiger partial charge on any atom is 0.0897 e. The summed E-state index contributed by atoms with van der Waals surface area (Å²) in [7, 11) is 0. The Morgan fingerprint density at radius 3 is 2.95 bits per heavy atom. The van der Waals surface area contributed by atoms with Gasteiger partial charge in [0.15, 0.2) is 0 Å². The smallest absolute Gasteiger partial charge is 0.0897 e. The lowest BCUT2D eigenvalue weighted by atomic mass is 10.0. The number of thiazole rings is 1. The van der Waals surface area contributed by atoms with Crippen LogP contribution in [0.3, 0.4) is 0 Å². The number of hydrogen-bond acceptors (Lipinski definition) is 5. The van der Waals surface area contributed by atoms with E-state index in [1.165, 1.54) is 10.4 Å². The van der Waals surface area contributed by atoms with Gasteiger partial charge in [-0.2, -0.15) is 5.10 Å². The van der Waals surface area contributed by atoms with Crippen molar-refractivity contribution in [3.8, 4) is 0 Å². The Morgan fingerprint density at radius 1 is 1.45 bits per heavy atom. The topological polar surface area (TPSA) is 54.0 Å². The van der Waals surface area contributed by atoms with Gasteiger partial charge in [0, 0.05) is 35.4 Å². The van der Waals surface area contributed by atoms with Gasteiger partial charge in [0.05, 0.1) is 30.0 Å². The van der Waals surface area contributed by atoms with Crippen molar-refractivity contribution in [3.63, 3.8) is 0 Å². The van der Waals surface area contributed by atoms with Crippen molar-refractivity contribution < 1.29 is 4.74 Å². The van der Waals surface area contributed by atoms with Crippen LogP contribution in [0.15, 0.2) is 6.20 Å². The van der Waals surface area contributed by atoms with Crippen LogP contribution in [0.1, 0.15) is 32.9 Å². The summed E-state index contributed by atoms with van der Waals surface area (Å²) < 4.78 is 5.69. The van der Waals surface area contributed by atoms with Crippen molar-refractivity contribution in [2.24, 2.45) is 0 Å². The van der Waals surface area contributed by atoms with Crippen molar-refractivity contribution in [1.82, 2.24) is 20.1 Å². The third-order valence-electron chi connectivity index (χ3n) is 3.79. The highest BCUT2D eigenvalue weighted by molar-refractivity contribution is 7.11. The van der Waals surface area contributed by atoms with Gasteiger partial charge in [-0.05, 0) is 20.8 Å². The van der Waals surface area contributed by atoms with E-state index >= 15 is 0 Å². The van der Waals surface area contributed by atoms with Crippen LogP contribution < -0.4 is 0 Å². The van der Waals surface area contributed by atoms with Crippen molar-refractivity contribution in [3.05, 3.63) is 33.0 Å². The Bertz CT molecular complexity index is 572. The van der Waals surface area contributed by atoms with Gasteiger partial charge in [-0.3, -0.25) is 10.00 Å². The molecule has 0 unspecified atom stereocenters. The van der Waals surface area contributed by atoms with E-state index in [1.807, 2.05) is 6.20 Å². The number of nitrogens with one attached hydrogen (secondary N) is 1. The molecule has 0 amide bonds. The molecule has 5 nitrogen and oxygen atoms in total. The minimum Gasteiger partial charge on any atom is -0.378 e. The van der Waals surface area contributed by atoms with Crippen LogP contribution in [0.2, 0.25) is 0 Å². The molecule has 1 aliphatic rings. The third-order valence-corrected chi connectivity index (χ3v) is 4.68. The SMILES string of the molecule is Cc1ncc(CN2CCOC[C@H]2c2c(C)n[nH]c2C)s1. The van der Waals surface area contributed by atoms with Gasteiger partial charge in [-0.15, -0.1) is 11.3 Å². The Kier molecular flexibility index (Phi) is 3.87. The van der Waals surface area contributed by atoms with E-state index in [0.717, 1.165) is 42.7 Å². The van der Waals surface area contributed by atoms with Crippen molar-refractivity contribution in [2.45, 2.75) is 33.4 Å². The number of ether oxygens (including phenoxy) is 1. The first-order valence-electron chi connectivity index (χ1n) is 6.89. The Labute approximate surface area is 123 Å². The number of H-pyrrole nitrogens is 1. The van der Waals surface area contributed by atoms with E-state index in [2.05, 4.69) is 40.9 Å². The van der Waals surface area contributed by atoms with Crippen LogP contribution in [0.5, 0.6) is 0 Å². The summed E-state index contributed by atoms with van der Waals surface area (Å²) in [6, 6.07) is 0.282. The van der Waals surface area contributed by atoms with E-state index in [1.54, 1.807) is 11.3 Å². The van der Waals surface area contributed by atoms with Crippen LogP contribution in [0, 0.1) is 20.8 Å². The Morgan fingerprint density at radius 2 is 2.30 bits per heavy atom. The zero-order valence-electron chi connectivity index (χ0n) is 12.1. The van der Waals surface area contributed by atoms with Gasteiger partial charge in [-0.25, -0.2) is 4.98 Å². The molecule has 0 saturated carbocycles. The maximum absolute atomic E-state index is 5.69. The molecule has 0 radical (unpaired) electrons. The van der Waals surface area contributed by atoms with Crippen LogP contribution in [-0.2, 0) is 11.3 Å². The average molecular weight is 292 g/mol. The van der Waals surface area contributed by atoms with E-state index in [0.29, 0.717) is 0 Å². The number of nitrogens with zero attached hydrogens (tertiary/aromatic N) is 3. The predicted molar refractivity (Wildman–Crippen MR) is 78.9 cm³/mol. The third kappa shape index (κ3) is 2.63. The maximum atomic E-state index is 5.69. The molecule has 0 spiro atoms. The van der Waals surface area contributed by atoms with Crippen LogP contribution in [0.25, 0.3) is 0 Å². The number of aromatic nitrogens is 3. The molecule has 1 saturated heterocycles. The number of aromatic amines is 1. The van der Waals surface area contributed by atoms with E-state index < -0.39 is 0 Å². The molecule has 20 heavy (non-hydrogen) atoms. The first-order chi connectivity index (χ1) is 9.65. The first-order valence-corrected chi connectivity index (χ1v) is 7.71. The summed E-state index contributed by atoms with van der Waals surface area (Å²) in [5.41, 5.74) is 3.50. The molecule has 6 heteroatoms. The molecule has 2 aromatic rings. The summed E-state index contributed by atoms with van der Waals surface area (Å²) in [4.78, 5) is 8.13. The Hall–Kier alpha value is -1.24. The summed E-state index contributed by atoms with van der Waals surface area (Å²) in [6.45, 7) is 9.61. The van der Waals surface area contributed by atoms with Gasteiger partial charge in [0.25, 0.3) is 0 Å². The highest BCUT2D eigenvalue weighted by Crippen LogP contribution is 2.30. The molecule has 1 atom stereocenters. The van der Waals surface area contributed by atoms with E-state index in [9.17, 15) is 0 Å². The highest BCUT2D eigenvalue weighted by atomic mass is 32.1. The van der Waals surface area contributed by atoms with E-state index in [-0.39, 0.29) is 6.04 Å². The highest BCUT2D eigenvalue weighted by Gasteiger charge is 2.28. The normalized spacial score (nSPS) is 20.4. The monoisotopic (exact) mass is 292 g/mol. The lowest BCUT2D eigenvalue weighted by Crippen LogP contribution is -2.39. The zero-order chi connectivity index (χ0) is 14.1. The average Bonchev–Trinajstić information content (AvgIpc) is 2.98. The minimum atomic E-state index is 0.282. The number of rotatable bonds is 3. The molecular formula is C14H20N4OS.